The zero-order chi connectivity index (χ0) is 19.9. The standard InChI is InChI=1S/C24H30N4O/c1-25-24(26-15-7-8-19-18-27-23-12-6-5-11-22(19)23)28-16-13-21(14-17-28)29-20-9-3-2-4-10-20/h2-6,9-12,18,21,27H,7-8,13-17H2,1H3,(H,25,26). The largest absolute Gasteiger partial charge is 0.490 e. The third-order valence-corrected chi connectivity index (χ3v) is 5.58. The topological polar surface area (TPSA) is 52.7 Å². The van der Waals surface area contributed by atoms with Crippen molar-refractivity contribution in [2.75, 3.05) is 26.7 Å². The number of aryl methyl sites for hydroxylation is 1. The monoisotopic (exact) mass is 390 g/mol. The van der Waals surface area contributed by atoms with Crippen molar-refractivity contribution in [3.05, 3.63) is 66.4 Å². The highest BCUT2D eigenvalue weighted by molar-refractivity contribution is 5.83. The molecule has 2 N–H and O–H groups in total. The molecule has 0 atom stereocenters. The van der Waals surface area contributed by atoms with E-state index in [-0.39, 0.29) is 6.10 Å². The van der Waals surface area contributed by atoms with Crippen LogP contribution < -0.4 is 10.1 Å². The summed E-state index contributed by atoms with van der Waals surface area (Å²) in [5.41, 5.74) is 2.60. The summed E-state index contributed by atoms with van der Waals surface area (Å²) in [5, 5.41) is 4.87. The molecule has 4 rings (SSSR count). The van der Waals surface area contributed by atoms with E-state index < -0.39 is 0 Å². The molecule has 2 aromatic carbocycles. The van der Waals surface area contributed by atoms with Gasteiger partial charge >= 0.3 is 0 Å². The molecule has 5 heteroatoms. The van der Waals surface area contributed by atoms with Gasteiger partial charge in [-0.25, -0.2) is 0 Å². The van der Waals surface area contributed by atoms with E-state index in [2.05, 4.69) is 50.7 Å². The maximum atomic E-state index is 6.10. The first-order chi connectivity index (χ1) is 14.3. The van der Waals surface area contributed by atoms with Crippen LogP contribution in [0.2, 0.25) is 0 Å². The van der Waals surface area contributed by atoms with Gasteiger partial charge in [-0.15, -0.1) is 0 Å². The summed E-state index contributed by atoms with van der Waals surface area (Å²) in [6.45, 7) is 2.87. The fourth-order valence-corrected chi connectivity index (χ4v) is 4.03. The van der Waals surface area contributed by atoms with E-state index >= 15 is 0 Å². The zero-order valence-electron chi connectivity index (χ0n) is 17.1. The van der Waals surface area contributed by atoms with Crippen LogP contribution in [-0.2, 0) is 6.42 Å². The van der Waals surface area contributed by atoms with Crippen molar-refractivity contribution in [3.8, 4) is 5.75 Å². The molecular formula is C24H30N4O. The number of rotatable bonds is 6. The second-order valence-electron chi connectivity index (χ2n) is 7.55. The van der Waals surface area contributed by atoms with Gasteiger partial charge in [0.25, 0.3) is 0 Å². The quantitative estimate of drug-likeness (QED) is 0.376. The Hall–Kier alpha value is -2.95. The molecule has 1 saturated heterocycles. The van der Waals surface area contributed by atoms with Crippen LogP contribution >= 0.6 is 0 Å². The first-order valence-electron chi connectivity index (χ1n) is 10.6. The Morgan fingerprint density at radius 1 is 1.10 bits per heavy atom. The highest BCUT2D eigenvalue weighted by Gasteiger charge is 2.22. The molecule has 152 valence electrons. The number of H-pyrrole nitrogens is 1. The van der Waals surface area contributed by atoms with Crippen molar-refractivity contribution in [2.45, 2.75) is 31.8 Å². The smallest absolute Gasteiger partial charge is 0.193 e. The van der Waals surface area contributed by atoms with Gasteiger partial charge in [0.05, 0.1) is 0 Å². The van der Waals surface area contributed by atoms with Crippen LogP contribution in [0.3, 0.4) is 0 Å². The summed E-state index contributed by atoms with van der Waals surface area (Å²) in [6, 6.07) is 18.6. The molecule has 0 spiro atoms. The van der Waals surface area contributed by atoms with Gasteiger partial charge in [0.1, 0.15) is 11.9 Å². The molecule has 29 heavy (non-hydrogen) atoms. The molecule has 2 heterocycles. The predicted molar refractivity (Wildman–Crippen MR) is 120 cm³/mol. The minimum absolute atomic E-state index is 0.286. The van der Waals surface area contributed by atoms with Crippen molar-refractivity contribution in [2.24, 2.45) is 4.99 Å². The maximum Gasteiger partial charge on any atom is 0.193 e. The summed E-state index contributed by atoms with van der Waals surface area (Å²) < 4.78 is 6.10. The average molecular weight is 391 g/mol. The van der Waals surface area contributed by atoms with Crippen molar-refractivity contribution in [1.29, 1.82) is 0 Å². The number of likely N-dealkylation sites (tertiary alicyclic amines) is 1. The summed E-state index contributed by atoms with van der Waals surface area (Å²) in [5.74, 6) is 1.97. The van der Waals surface area contributed by atoms with Crippen LogP contribution in [-0.4, -0.2) is 48.6 Å². The van der Waals surface area contributed by atoms with E-state index in [0.29, 0.717) is 0 Å². The van der Waals surface area contributed by atoms with E-state index in [1.165, 1.54) is 16.5 Å². The second-order valence-corrected chi connectivity index (χ2v) is 7.55. The van der Waals surface area contributed by atoms with Crippen LogP contribution in [0.25, 0.3) is 10.9 Å². The third kappa shape index (κ3) is 4.91. The highest BCUT2D eigenvalue weighted by atomic mass is 16.5. The lowest BCUT2D eigenvalue weighted by Gasteiger charge is -2.34. The Balaban J connectivity index is 1.21. The van der Waals surface area contributed by atoms with Gasteiger partial charge in [-0.1, -0.05) is 36.4 Å². The number of hydrogen-bond donors (Lipinski definition) is 2. The molecule has 1 aromatic heterocycles. The van der Waals surface area contributed by atoms with Crippen molar-refractivity contribution < 1.29 is 4.74 Å². The fourth-order valence-electron chi connectivity index (χ4n) is 4.03. The van der Waals surface area contributed by atoms with Crippen molar-refractivity contribution in [3.63, 3.8) is 0 Å². The molecule has 0 bridgehead atoms. The third-order valence-electron chi connectivity index (χ3n) is 5.58. The number of hydrogen-bond acceptors (Lipinski definition) is 2. The summed E-state index contributed by atoms with van der Waals surface area (Å²) in [6.07, 6.45) is 6.59. The molecular weight excluding hydrogens is 360 g/mol. The molecule has 0 unspecified atom stereocenters. The number of aromatic amines is 1. The molecule has 0 saturated carbocycles. The normalized spacial score (nSPS) is 15.6. The lowest BCUT2D eigenvalue weighted by atomic mass is 10.1. The van der Waals surface area contributed by atoms with Gasteiger partial charge in [0, 0.05) is 56.6 Å². The number of benzene rings is 2. The Morgan fingerprint density at radius 3 is 2.66 bits per heavy atom. The van der Waals surface area contributed by atoms with Crippen LogP contribution in [0.5, 0.6) is 5.75 Å². The number of aromatic nitrogens is 1. The molecule has 1 aliphatic rings. The summed E-state index contributed by atoms with van der Waals surface area (Å²) >= 11 is 0. The van der Waals surface area contributed by atoms with E-state index in [1.807, 2.05) is 37.4 Å². The minimum Gasteiger partial charge on any atom is -0.490 e. The van der Waals surface area contributed by atoms with E-state index in [4.69, 9.17) is 4.74 Å². The van der Waals surface area contributed by atoms with E-state index in [1.54, 1.807) is 0 Å². The van der Waals surface area contributed by atoms with Crippen LogP contribution in [0.4, 0.5) is 0 Å². The molecule has 0 aliphatic carbocycles. The zero-order valence-corrected chi connectivity index (χ0v) is 17.1. The van der Waals surface area contributed by atoms with Crippen LogP contribution in [0, 0.1) is 0 Å². The van der Waals surface area contributed by atoms with Crippen LogP contribution in [0.15, 0.2) is 65.8 Å². The van der Waals surface area contributed by atoms with Gasteiger partial charge in [-0.2, -0.15) is 0 Å². The Morgan fingerprint density at radius 2 is 1.86 bits per heavy atom. The summed E-state index contributed by atoms with van der Waals surface area (Å²) in [4.78, 5) is 10.2. The maximum absolute atomic E-state index is 6.10. The van der Waals surface area contributed by atoms with Crippen LogP contribution in [0.1, 0.15) is 24.8 Å². The van der Waals surface area contributed by atoms with Gasteiger partial charge in [-0.3, -0.25) is 4.99 Å². The number of aliphatic imine (C=N–C) groups is 1. The number of piperidine rings is 1. The molecule has 1 fully saturated rings. The van der Waals surface area contributed by atoms with E-state index in [0.717, 1.165) is 57.0 Å². The number of fused-ring (bicyclic) bond motifs is 1. The highest BCUT2D eigenvalue weighted by Crippen LogP contribution is 2.20. The predicted octanol–water partition coefficient (Wildman–Crippen LogP) is 4.22. The van der Waals surface area contributed by atoms with Gasteiger partial charge in [0.15, 0.2) is 5.96 Å². The van der Waals surface area contributed by atoms with Crippen molar-refractivity contribution in [1.82, 2.24) is 15.2 Å². The first kappa shape index (κ1) is 19.4. The Bertz CT molecular complexity index is 926. The van der Waals surface area contributed by atoms with Gasteiger partial charge in [0.2, 0.25) is 0 Å². The number of para-hydroxylation sites is 2. The van der Waals surface area contributed by atoms with E-state index in [9.17, 15) is 0 Å². The van der Waals surface area contributed by atoms with Gasteiger partial charge in [-0.05, 0) is 36.6 Å². The Labute approximate surface area is 172 Å². The first-order valence-corrected chi connectivity index (χ1v) is 10.6. The molecule has 5 nitrogen and oxygen atoms in total. The number of guanidine groups is 1. The van der Waals surface area contributed by atoms with Gasteiger partial charge < -0.3 is 19.9 Å². The lowest BCUT2D eigenvalue weighted by Crippen LogP contribution is -2.47. The summed E-state index contributed by atoms with van der Waals surface area (Å²) in [7, 11) is 1.87. The molecule has 1 aliphatic heterocycles. The Kier molecular flexibility index (Phi) is 6.35. The fraction of sp³-hybridized carbons (Fsp3) is 0.375. The number of ether oxygens (including phenoxy) is 1. The lowest BCUT2D eigenvalue weighted by molar-refractivity contribution is 0.129. The molecule has 0 radical (unpaired) electrons. The molecule has 0 amide bonds. The minimum atomic E-state index is 0.286. The van der Waals surface area contributed by atoms with Crippen molar-refractivity contribution >= 4 is 16.9 Å². The second kappa shape index (κ2) is 9.50. The number of nitrogens with one attached hydrogen (secondary N) is 2. The average Bonchev–Trinajstić information content (AvgIpc) is 3.18. The SMILES string of the molecule is CN=C(NCCCc1c[nH]c2ccccc12)N1CCC(Oc2ccccc2)CC1. The molecule has 3 aromatic rings. The number of nitrogens with zero attached hydrogens (tertiary/aromatic N) is 2.